The lowest BCUT2D eigenvalue weighted by atomic mass is 9.81. The van der Waals surface area contributed by atoms with Crippen molar-refractivity contribution < 1.29 is 9.53 Å². The molecule has 3 rings (SSSR count). The van der Waals surface area contributed by atoms with Crippen molar-refractivity contribution in [3.8, 4) is 0 Å². The Morgan fingerprint density at radius 1 is 1.35 bits per heavy atom. The molecule has 3 nitrogen and oxygen atoms in total. The van der Waals surface area contributed by atoms with Gasteiger partial charge in [-0.15, -0.1) is 0 Å². The predicted molar refractivity (Wildman–Crippen MR) is 92.0 cm³/mol. The Labute approximate surface area is 138 Å². The molecule has 0 saturated carbocycles. The van der Waals surface area contributed by atoms with Crippen molar-refractivity contribution in [1.82, 2.24) is 4.90 Å². The molecule has 0 spiro atoms. The molecule has 23 heavy (non-hydrogen) atoms. The molecular weight excluding hydrogens is 286 g/mol. The van der Waals surface area contributed by atoms with E-state index in [0.717, 1.165) is 37.1 Å². The van der Waals surface area contributed by atoms with Crippen LogP contribution in [0.3, 0.4) is 0 Å². The molecular formula is C20H25NO2. The number of hydrogen-bond acceptors (Lipinski definition) is 3. The lowest BCUT2D eigenvalue weighted by Gasteiger charge is -2.44. The second-order valence-electron chi connectivity index (χ2n) is 6.95. The van der Waals surface area contributed by atoms with Crippen LogP contribution in [0.25, 0.3) is 0 Å². The second kappa shape index (κ2) is 6.71. The summed E-state index contributed by atoms with van der Waals surface area (Å²) < 4.78 is 5.55. The molecule has 0 aromatic heterocycles. The minimum Gasteiger partial charge on any atom is -0.460 e. The summed E-state index contributed by atoms with van der Waals surface area (Å²) in [7, 11) is 0. The van der Waals surface area contributed by atoms with Crippen molar-refractivity contribution >= 4 is 5.97 Å². The molecule has 1 fully saturated rings. The quantitative estimate of drug-likeness (QED) is 0.778. The highest BCUT2D eigenvalue weighted by Crippen LogP contribution is 2.32. The van der Waals surface area contributed by atoms with Crippen LogP contribution in [0.5, 0.6) is 0 Å². The van der Waals surface area contributed by atoms with Gasteiger partial charge in [0.05, 0.1) is 0 Å². The SMILES string of the molecule is Cc1ccccc1COC(=O)C1CCN1CC1(C)C=CC=CC1. The van der Waals surface area contributed by atoms with E-state index in [4.69, 9.17) is 4.74 Å². The normalized spacial score (nSPS) is 26.8. The number of carbonyl (C=O) groups is 1. The molecule has 2 unspecified atom stereocenters. The van der Waals surface area contributed by atoms with Gasteiger partial charge in [0, 0.05) is 18.5 Å². The molecule has 1 heterocycles. The van der Waals surface area contributed by atoms with E-state index in [-0.39, 0.29) is 17.4 Å². The predicted octanol–water partition coefficient (Wildman–Crippen LogP) is 3.63. The average Bonchev–Trinajstić information content (AvgIpc) is 2.52. The van der Waals surface area contributed by atoms with Crippen molar-refractivity contribution in [2.75, 3.05) is 13.1 Å². The van der Waals surface area contributed by atoms with Crippen molar-refractivity contribution in [2.45, 2.75) is 39.3 Å². The van der Waals surface area contributed by atoms with Crippen LogP contribution in [0.1, 0.15) is 30.9 Å². The highest BCUT2D eigenvalue weighted by atomic mass is 16.5. The van der Waals surface area contributed by atoms with Gasteiger partial charge in [-0.1, -0.05) is 55.5 Å². The number of esters is 1. The summed E-state index contributed by atoms with van der Waals surface area (Å²) in [5.41, 5.74) is 2.38. The minimum absolute atomic E-state index is 0.0739. The van der Waals surface area contributed by atoms with E-state index in [9.17, 15) is 4.79 Å². The van der Waals surface area contributed by atoms with Crippen molar-refractivity contribution in [3.63, 3.8) is 0 Å². The van der Waals surface area contributed by atoms with Crippen LogP contribution in [-0.4, -0.2) is 30.0 Å². The van der Waals surface area contributed by atoms with E-state index in [1.165, 1.54) is 0 Å². The zero-order chi connectivity index (χ0) is 16.3. The zero-order valence-corrected chi connectivity index (χ0v) is 14.0. The van der Waals surface area contributed by atoms with Crippen LogP contribution < -0.4 is 0 Å². The van der Waals surface area contributed by atoms with E-state index in [1.54, 1.807) is 0 Å². The minimum atomic E-state index is -0.0848. The summed E-state index contributed by atoms with van der Waals surface area (Å²) in [6.07, 6.45) is 10.6. The molecule has 1 aliphatic heterocycles. The van der Waals surface area contributed by atoms with Crippen LogP contribution in [0.2, 0.25) is 0 Å². The second-order valence-corrected chi connectivity index (χ2v) is 6.95. The van der Waals surface area contributed by atoms with E-state index in [2.05, 4.69) is 36.1 Å². The average molecular weight is 311 g/mol. The van der Waals surface area contributed by atoms with Gasteiger partial charge in [0.25, 0.3) is 0 Å². The lowest BCUT2D eigenvalue weighted by molar-refractivity contribution is -0.157. The Bertz CT molecular complexity index is 634. The van der Waals surface area contributed by atoms with Gasteiger partial charge in [0.1, 0.15) is 12.6 Å². The van der Waals surface area contributed by atoms with Crippen LogP contribution in [0.15, 0.2) is 48.6 Å². The monoisotopic (exact) mass is 311 g/mol. The van der Waals surface area contributed by atoms with E-state index >= 15 is 0 Å². The van der Waals surface area contributed by atoms with E-state index < -0.39 is 0 Å². The third-order valence-electron chi connectivity index (χ3n) is 4.93. The van der Waals surface area contributed by atoms with Crippen molar-refractivity contribution in [2.24, 2.45) is 5.41 Å². The van der Waals surface area contributed by atoms with Gasteiger partial charge in [0.15, 0.2) is 0 Å². The number of nitrogens with zero attached hydrogens (tertiary/aromatic N) is 1. The number of aryl methyl sites for hydroxylation is 1. The summed E-state index contributed by atoms with van der Waals surface area (Å²) >= 11 is 0. The number of benzene rings is 1. The molecule has 2 atom stereocenters. The summed E-state index contributed by atoms with van der Waals surface area (Å²) in [5.74, 6) is -0.0848. The molecule has 0 amide bonds. The fourth-order valence-corrected chi connectivity index (χ4v) is 3.27. The Balaban J connectivity index is 1.53. The molecule has 122 valence electrons. The van der Waals surface area contributed by atoms with Gasteiger partial charge in [-0.3, -0.25) is 9.69 Å². The molecule has 1 aromatic rings. The first-order chi connectivity index (χ1) is 11.1. The highest BCUT2D eigenvalue weighted by molar-refractivity contribution is 5.76. The van der Waals surface area contributed by atoms with Gasteiger partial charge in [-0.25, -0.2) is 0 Å². The number of rotatable bonds is 5. The Kier molecular flexibility index (Phi) is 4.67. The van der Waals surface area contributed by atoms with E-state index in [0.29, 0.717) is 6.61 Å². The molecule has 1 aromatic carbocycles. The highest BCUT2D eigenvalue weighted by Gasteiger charge is 2.38. The van der Waals surface area contributed by atoms with Gasteiger partial charge < -0.3 is 4.74 Å². The molecule has 0 bridgehead atoms. The summed E-state index contributed by atoms with van der Waals surface area (Å²) in [5, 5.41) is 0. The Morgan fingerprint density at radius 2 is 2.17 bits per heavy atom. The van der Waals surface area contributed by atoms with Crippen molar-refractivity contribution in [3.05, 3.63) is 59.7 Å². The van der Waals surface area contributed by atoms with Gasteiger partial charge in [-0.2, -0.15) is 0 Å². The number of hydrogen-bond donors (Lipinski definition) is 0. The van der Waals surface area contributed by atoms with Gasteiger partial charge in [0.2, 0.25) is 0 Å². The maximum Gasteiger partial charge on any atom is 0.323 e. The van der Waals surface area contributed by atoms with E-state index in [1.807, 2.05) is 31.2 Å². The smallest absolute Gasteiger partial charge is 0.323 e. The van der Waals surface area contributed by atoms with Crippen LogP contribution in [-0.2, 0) is 16.1 Å². The third-order valence-corrected chi connectivity index (χ3v) is 4.93. The molecule has 2 aliphatic rings. The molecule has 0 radical (unpaired) electrons. The summed E-state index contributed by atoms with van der Waals surface area (Å²) in [6, 6.07) is 7.97. The van der Waals surface area contributed by atoms with Crippen LogP contribution >= 0.6 is 0 Å². The Morgan fingerprint density at radius 3 is 2.83 bits per heavy atom. The lowest BCUT2D eigenvalue weighted by Crippen LogP contribution is -2.55. The molecule has 1 aliphatic carbocycles. The first-order valence-electron chi connectivity index (χ1n) is 8.37. The van der Waals surface area contributed by atoms with Crippen molar-refractivity contribution in [1.29, 1.82) is 0 Å². The topological polar surface area (TPSA) is 29.5 Å². The number of carbonyl (C=O) groups excluding carboxylic acids is 1. The third kappa shape index (κ3) is 3.73. The number of ether oxygens (including phenoxy) is 1. The standard InChI is InChI=1S/C20H25NO2/c1-16-8-4-5-9-17(16)14-23-19(22)18-10-13-21(18)15-20(2)11-6-3-7-12-20/h3-9,11,18H,10,12-15H2,1-2H3. The van der Waals surface area contributed by atoms with Crippen LogP contribution in [0, 0.1) is 12.3 Å². The number of likely N-dealkylation sites (tertiary alicyclic amines) is 1. The van der Waals surface area contributed by atoms with Gasteiger partial charge >= 0.3 is 5.97 Å². The zero-order valence-electron chi connectivity index (χ0n) is 14.0. The first kappa shape index (κ1) is 16.0. The molecule has 1 saturated heterocycles. The fraction of sp³-hybridized carbons (Fsp3) is 0.450. The summed E-state index contributed by atoms with van der Waals surface area (Å²) in [4.78, 5) is 14.6. The van der Waals surface area contributed by atoms with Crippen LogP contribution in [0.4, 0.5) is 0 Å². The fourth-order valence-electron chi connectivity index (χ4n) is 3.27. The van der Waals surface area contributed by atoms with Gasteiger partial charge in [-0.05, 0) is 30.9 Å². The number of allylic oxidation sites excluding steroid dienone is 3. The maximum absolute atomic E-state index is 12.4. The summed E-state index contributed by atoms with van der Waals surface area (Å²) in [6.45, 7) is 6.56. The largest absolute Gasteiger partial charge is 0.460 e. The Hall–Kier alpha value is -1.87. The molecule has 3 heteroatoms. The maximum atomic E-state index is 12.4. The first-order valence-corrected chi connectivity index (χ1v) is 8.37. The molecule has 0 N–H and O–H groups in total.